The van der Waals surface area contributed by atoms with Gasteiger partial charge in [0.15, 0.2) is 0 Å². The fourth-order valence-corrected chi connectivity index (χ4v) is 4.12. The molecule has 0 aliphatic carbocycles. The molecule has 0 radical (unpaired) electrons. The molecule has 0 saturated carbocycles. The van der Waals surface area contributed by atoms with Crippen LogP contribution in [0.1, 0.15) is 22.3 Å². The number of anilines is 1. The van der Waals surface area contributed by atoms with Crippen molar-refractivity contribution in [3.05, 3.63) is 64.7 Å². The molecule has 0 unspecified atom stereocenters. The average molecular weight is 360 g/mol. The first-order valence-corrected chi connectivity index (χ1v) is 10.1. The highest BCUT2D eigenvalue weighted by atomic mass is 32.2. The fourth-order valence-electron chi connectivity index (χ4n) is 2.47. The Morgan fingerprint density at radius 3 is 2.58 bits per heavy atom. The fraction of sp³-hybridized carbons (Fsp3) is 0.316. The van der Waals surface area contributed by atoms with Crippen molar-refractivity contribution in [2.75, 3.05) is 18.3 Å². The molecule has 0 atom stereocenters. The predicted octanol–water partition coefficient (Wildman–Crippen LogP) is 4.77. The third-order valence-electron chi connectivity index (χ3n) is 3.75. The number of rotatable bonds is 5. The summed E-state index contributed by atoms with van der Waals surface area (Å²) in [5, 5.41) is 1.69. The summed E-state index contributed by atoms with van der Waals surface area (Å²) >= 11 is 3.48. The SMILES string of the molecule is CS/C(=N/Cc1cccc(C)c1)SCc1c(C)cccc1N(C)N. The lowest BCUT2D eigenvalue weighted by Gasteiger charge is -2.18. The van der Waals surface area contributed by atoms with E-state index in [-0.39, 0.29) is 0 Å². The lowest BCUT2D eigenvalue weighted by atomic mass is 10.1. The number of hydrogen-bond donors (Lipinski definition) is 1. The van der Waals surface area contributed by atoms with E-state index in [0.29, 0.717) is 0 Å². The first kappa shape index (κ1) is 18.9. The van der Waals surface area contributed by atoms with Crippen LogP contribution >= 0.6 is 23.5 Å². The Kier molecular flexibility index (Phi) is 7.21. The molecule has 0 fully saturated rings. The smallest absolute Gasteiger partial charge is 0.124 e. The molecule has 0 heterocycles. The minimum atomic E-state index is 0.724. The normalized spacial score (nSPS) is 11.6. The molecule has 0 aromatic heterocycles. The summed E-state index contributed by atoms with van der Waals surface area (Å²) in [5.74, 6) is 6.83. The Labute approximate surface area is 153 Å². The molecule has 0 aliphatic rings. The van der Waals surface area contributed by atoms with Crippen LogP contribution in [0.15, 0.2) is 47.5 Å². The maximum absolute atomic E-state index is 5.96. The van der Waals surface area contributed by atoms with Gasteiger partial charge in [0.2, 0.25) is 0 Å². The van der Waals surface area contributed by atoms with Gasteiger partial charge in [-0.15, -0.1) is 11.8 Å². The van der Waals surface area contributed by atoms with Gasteiger partial charge in [-0.1, -0.05) is 53.7 Å². The molecule has 0 spiro atoms. The summed E-state index contributed by atoms with van der Waals surface area (Å²) in [6.45, 7) is 4.97. The number of hydrazine groups is 1. The van der Waals surface area contributed by atoms with Crippen molar-refractivity contribution in [2.45, 2.75) is 26.1 Å². The minimum absolute atomic E-state index is 0.724. The van der Waals surface area contributed by atoms with Gasteiger partial charge in [-0.25, -0.2) is 5.84 Å². The van der Waals surface area contributed by atoms with Gasteiger partial charge >= 0.3 is 0 Å². The number of thioether (sulfide) groups is 2. The summed E-state index contributed by atoms with van der Waals surface area (Å²) in [7, 11) is 1.88. The highest BCUT2D eigenvalue weighted by Gasteiger charge is 2.09. The van der Waals surface area contributed by atoms with E-state index >= 15 is 0 Å². The van der Waals surface area contributed by atoms with Crippen LogP contribution in [0.3, 0.4) is 0 Å². The van der Waals surface area contributed by atoms with Crippen molar-refractivity contribution in [2.24, 2.45) is 10.8 Å². The monoisotopic (exact) mass is 359 g/mol. The molecule has 5 heteroatoms. The molecule has 0 saturated heterocycles. The zero-order valence-electron chi connectivity index (χ0n) is 14.7. The lowest BCUT2D eigenvalue weighted by molar-refractivity contribution is 1.00. The van der Waals surface area contributed by atoms with Crippen LogP contribution in [-0.2, 0) is 12.3 Å². The molecule has 2 rings (SSSR count). The van der Waals surface area contributed by atoms with Crippen molar-refractivity contribution in [3.8, 4) is 0 Å². The van der Waals surface area contributed by atoms with Crippen LogP contribution in [0.5, 0.6) is 0 Å². The van der Waals surface area contributed by atoms with E-state index in [4.69, 9.17) is 10.8 Å². The summed E-state index contributed by atoms with van der Waals surface area (Å²) in [5.41, 5.74) is 6.12. The molecule has 2 aromatic carbocycles. The van der Waals surface area contributed by atoms with E-state index in [2.05, 4.69) is 56.5 Å². The van der Waals surface area contributed by atoms with E-state index in [1.54, 1.807) is 28.5 Å². The number of nitrogens with zero attached hydrogens (tertiary/aromatic N) is 2. The summed E-state index contributed by atoms with van der Waals surface area (Å²) in [4.78, 5) is 4.77. The van der Waals surface area contributed by atoms with Gasteiger partial charge in [-0.3, -0.25) is 4.99 Å². The summed E-state index contributed by atoms with van der Waals surface area (Å²) in [6, 6.07) is 14.8. The Morgan fingerprint density at radius 1 is 1.17 bits per heavy atom. The third-order valence-corrected chi connectivity index (χ3v) is 5.89. The summed E-state index contributed by atoms with van der Waals surface area (Å²) < 4.78 is 1.10. The third kappa shape index (κ3) is 5.30. The van der Waals surface area contributed by atoms with Gasteiger partial charge in [0.05, 0.1) is 12.2 Å². The lowest BCUT2D eigenvalue weighted by Crippen LogP contribution is -2.26. The van der Waals surface area contributed by atoms with Crippen molar-refractivity contribution in [3.63, 3.8) is 0 Å². The second-order valence-corrected chi connectivity index (χ2v) is 7.76. The second kappa shape index (κ2) is 9.16. The van der Waals surface area contributed by atoms with Crippen molar-refractivity contribution in [1.29, 1.82) is 0 Å². The van der Waals surface area contributed by atoms with Gasteiger partial charge in [-0.05, 0) is 42.9 Å². The molecule has 24 heavy (non-hydrogen) atoms. The molecule has 2 N–H and O–H groups in total. The molecule has 128 valence electrons. The number of benzene rings is 2. The quantitative estimate of drug-likeness (QED) is 0.361. The van der Waals surface area contributed by atoms with Crippen molar-refractivity contribution < 1.29 is 0 Å². The number of hydrogen-bond acceptors (Lipinski definition) is 5. The van der Waals surface area contributed by atoms with Crippen LogP contribution in [0, 0.1) is 13.8 Å². The highest BCUT2D eigenvalue weighted by Crippen LogP contribution is 2.28. The van der Waals surface area contributed by atoms with Crippen molar-refractivity contribution >= 4 is 33.6 Å². The van der Waals surface area contributed by atoms with Crippen LogP contribution in [0.4, 0.5) is 5.69 Å². The zero-order valence-corrected chi connectivity index (χ0v) is 16.4. The minimum Gasteiger partial charge on any atom is -0.314 e. The van der Waals surface area contributed by atoms with Gasteiger partial charge in [0.1, 0.15) is 4.38 Å². The molecular weight excluding hydrogens is 334 g/mol. The maximum atomic E-state index is 5.96. The topological polar surface area (TPSA) is 41.6 Å². The van der Waals surface area contributed by atoms with Crippen LogP contribution in [0.2, 0.25) is 0 Å². The molecule has 0 amide bonds. The molecular formula is C19H25N3S2. The van der Waals surface area contributed by atoms with E-state index in [1.807, 2.05) is 13.1 Å². The molecule has 2 aromatic rings. The van der Waals surface area contributed by atoms with Crippen molar-refractivity contribution in [1.82, 2.24) is 0 Å². The molecule has 3 nitrogen and oxygen atoms in total. The van der Waals surface area contributed by atoms with E-state index in [0.717, 1.165) is 22.4 Å². The Morgan fingerprint density at radius 2 is 1.92 bits per heavy atom. The highest BCUT2D eigenvalue weighted by molar-refractivity contribution is 8.38. The first-order chi connectivity index (χ1) is 11.5. The average Bonchev–Trinajstić information content (AvgIpc) is 2.56. The number of aryl methyl sites for hydroxylation is 2. The van der Waals surface area contributed by atoms with Gasteiger partial charge in [-0.2, -0.15) is 0 Å². The zero-order chi connectivity index (χ0) is 17.5. The number of aliphatic imine (C=N–C) groups is 1. The number of nitrogens with two attached hydrogens (primary N) is 1. The Hall–Kier alpha value is -1.43. The Balaban J connectivity index is 2.07. The van der Waals surface area contributed by atoms with E-state index < -0.39 is 0 Å². The molecule has 0 aliphatic heterocycles. The maximum Gasteiger partial charge on any atom is 0.124 e. The van der Waals surface area contributed by atoms with Crippen LogP contribution < -0.4 is 10.9 Å². The largest absolute Gasteiger partial charge is 0.314 e. The van der Waals surface area contributed by atoms with E-state index in [9.17, 15) is 0 Å². The predicted molar refractivity (Wildman–Crippen MR) is 111 cm³/mol. The standard InChI is InChI=1S/C19H25N3S2/c1-14-7-5-9-16(11-14)12-21-19(23-4)24-13-17-15(2)8-6-10-18(17)22(3)20/h5-11H,12-13,20H2,1-4H3/b21-19-. The Bertz CT molecular complexity index is 712. The van der Waals surface area contributed by atoms with Gasteiger partial charge in [0.25, 0.3) is 0 Å². The van der Waals surface area contributed by atoms with Crippen LogP contribution in [-0.4, -0.2) is 17.7 Å². The van der Waals surface area contributed by atoms with E-state index in [1.165, 1.54) is 22.3 Å². The molecule has 0 bridgehead atoms. The first-order valence-electron chi connectivity index (χ1n) is 7.85. The summed E-state index contributed by atoms with van der Waals surface area (Å²) in [6.07, 6.45) is 2.08. The van der Waals surface area contributed by atoms with Gasteiger partial charge in [0, 0.05) is 12.8 Å². The van der Waals surface area contributed by atoms with Crippen LogP contribution in [0.25, 0.3) is 0 Å². The second-order valence-electron chi connectivity index (χ2n) is 5.75. The van der Waals surface area contributed by atoms with Gasteiger partial charge < -0.3 is 5.01 Å².